The van der Waals surface area contributed by atoms with Crippen molar-refractivity contribution in [3.63, 3.8) is 0 Å². The van der Waals surface area contributed by atoms with Gasteiger partial charge in [-0.1, -0.05) is 0 Å². The van der Waals surface area contributed by atoms with E-state index >= 15 is 0 Å². The van der Waals surface area contributed by atoms with Gasteiger partial charge in [0.05, 0.1) is 11.1 Å². The van der Waals surface area contributed by atoms with Crippen LogP contribution in [0, 0.1) is 5.82 Å². The number of piperidine rings is 1. The Labute approximate surface area is 136 Å². The molecule has 0 saturated carbocycles. The maximum absolute atomic E-state index is 14.8. The third kappa shape index (κ3) is 1.99. The van der Waals surface area contributed by atoms with Gasteiger partial charge in [-0.2, -0.15) is 0 Å². The second-order valence-corrected chi connectivity index (χ2v) is 6.12. The summed E-state index contributed by atoms with van der Waals surface area (Å²) in [6, 6.07) is 0.455. The molecule has 1 fully saturated rings. The minimum absolute atomic E-state index is 0.00958. The largest absolute Gasteiger partial charge is 0.312 e. The molecule has 3 heterocycles. The van der Waals surface area contributed by atoms with Crippen LogP contribution in [-0.2, 0) is 22.6 Å². The number of amides is 4. The molecule has 7 nitrogen and oxygen atoms in total. The third-order valence-corrected chi connectivity index (χ3v) is 4.73. The van der Waals surface area contributed by atoms with Gasteiger partial charge in [-0.15, -0.1) is 0 Å². The fraction of sp³-hybridized carbons (Fsp3) is 0.375. The number of nitrogens with one attached hydrogen (secondary N) is 2. The summed E-state index contributed by atoms with van der Waals surface area (Å²) < 4.78 is 14.8. The van der Waals surface area contributed by atoms with Crippen molar-refractivity contribution in [3.05, 3.63) is 34.1 Å². The predicted octanol–water partition coefficient (Wildman–Crippen LogP) is -0.127. The van der Waals surface area contributed by atoms with Gasteiger partial charge in [0.15, 0.2) is 0 Å². The number of benzene rings is 1. The fourth-order valence-corrected chi connectivity index (χ4v) is 3.54. The van der Waals surface area contributed by atoms with Gasteiger partial charge in [0.2, 0.25) is 11.8 Å². The summed E-state index contributed by atoms with van der Waals surface area (Å²) in [6.45, 7) is 1.03. The van der Waals surface area contributed by atoms with E-state index in [1.807, 2.05) is 0 Å². The molecule has 4 amide bonds. The van der Waals surface area contributed by atoms with Crippen LogP contribution in [0.1, 0.15) is 44.7 Å². The molecule has 0 bridgehead atoms. The highest BCUT2D eigenvalue weighted by Crippen LogP contribution is 2.33. The highest BCUT2D eigenvalue weighted by molar-refractivity contribution is 6.23. The molecule has 1 atom stereocenters. The van der Waals surface area contributed by atoms with E-state index in [0.717, 1.165) is 4.90 Å². The van der Waals surface area contributed by atoms with Gasteiger partial charge in [-0.05, 0) is 36.6 Å². The van der Waals surface area contributed by atoms with Crippen molar-refractivity contribution in [2.24, 2.45) is 0 Å². The summed E-state index contributed by atoms with van der Waals surface area (Å²) in [5, 5.41) is 5.21. The Morgan fingerprint density at radius 1 is 1.12 bits per heavy atom. The minimum Gasteiger partial charge on any atom is -0.312 e. The SMILES string of the molecule is O=C1CCC(N2C(=O)c3cc4c(c(F)c3C2=O)CCNC4)C(=O)N1. The number of halogens is 1. The standard InChI is InChI=1S/C16H14FN3O4/c17-13-8-3-4-18-6-7(8)5-9-12(13)16(24)20(15(9)23)10-1-2-11(21)19-14(10)22/h5,10,18H,1-4,6H2,(H,19,21,22). The lowest BCUT2D eigenvalue weighted by atomic mass is 9.94. The highest BCUT2D eigenvalue weighted by atomic mass is 19.1. The zero-order valence-electron chi connectivity index (χ0n) is 12.6. The lowest BCUT2D eigenvalue weighted by Crippen LogP contribution is -2.54. The second kappa shape index (κ2) is 5.20. The average Bonchev–Trinajstić information content (AvgIpc) is 2.80. The van der Waals surface area contributed by atoms with Crippen molar-refractivity contribution in [3.8, 4) is 0 Å². The molecule has 3 aliphatic rings. The van der Waals surface area contributed by atoms with Crippen LogP contribution in [0.15, 0.2) is 6.07 Å². The van der Waals surface area contributed by atoms with Gasteiger partial charge < -0.3 is 5.32 Å². The molecule has 4 rings (SSSR count). The summed E-state index contributed by atoms with van der Waals surface area (Å²) in [5.41, 5.74) is 0.831. The van der Waals surface area contributed by atoms with Gasteiger partial charge in [0.1, 0.15) is 11.9 Å². The molecule has 0 aliphatic carbocycles. The van der Waals surface area contributed by atoms with Crippen LogP contribution in [-0.4, -0.2) is 41.1 Å². The van der Waals surface area contributed by atoms with Crippen LogP contribution >= 0.6 is 0 Å². The summed E-state index contributed by atoms with van der Waals surface area (Å²) in [6.07, 6.45) is 0.528. The van der Waals surface area contributed by atoms with E-state index in [1.54, 1.807) is 0 Å². The first-order valence-corrected chi connectivity index (χ1v) is 7.75. The number of carbonyl (C=O) groups excluding carboxylic acids is 4. The van der Waals surface area contributed by atoms with Crippen molar-refractivity contribution in [1.82, 2.24) is 15.5 Å². The number of imide groups is 2. The Kier molecular flexibility index (Phi) is 3.24. The van der Waals surface area contributed by atoms with Gasteiger partial charge in [0.25, 0.3) is 11.8 Å². The van der Waals surface area contributed by atoms with Crippen LogP contribution in [0.2, 0.25) is 0 Å². The molecule has 1 unspecified atom stereocenters. The van der Waals surface area contributed by atoms with Crippen molar-refractivity contribution in [2.75, 3.05) is 6.54 Å². The Morgan fingerprint density at radius 2 is 1.92 bits per heavy atom. The lowest BCUT2D eigenvalue weighted by molar-refractivity contribution is -0.136. The zero-order chi connectivity index (χ0) is 17.0. The maximum atomic E-state index is 14.8. The number of fused-ring (bicyclic) bond motifs is 2. The van der Waals surface area contributed by atoms with E-state index in [0.29, 0.717) is 30.6 Å². The summed E-state index contributed by atoms with van der Waals surface area (Å²) in [7, 11) is 0. The van der Waals surface area contributed by atoms with Gasteiger partial charge in [-0.25, -0.2) is 4.39 Å². The average molecular weight is 331 g/mol. The van der Waals surface area contributed by atoms with Gasteiger partial charge >= 0.3 is 0 Å². The lowest BCUT2D eigenvalue weighted by Gasteiger charge is -2.27. The van der Waals surface area contributed by atoms with Crippen molar-refractivity contribution >= 4 is 23.6 Å². The smallest absolute Gasteiger partial charge is 0.265 e. The summed E-state index contributed by atoms with van der Waals surface area (Å²) in [5.74, 6) is -3.30. The summed E-state index contributed by atoms with van der Waals surface area (Å²) >= 11 is 0. The number of nitrogens with zero attached hydrogens (tertiary/aromatic N) is 1. The predicted molar refractivity (Wildman–Crippen MR) is 78.5 cm³/mol. The Morgan fingerprint density at radius 3 is 2.67 bits per heavy atom. The van der Waals surface area contributed by atoms with E-state index < -0.39 is 35.5 Å². The van der Waals surface area contributed by atoms with Crippen LogP contribution < -0.4 is 10.6 Å². The molecule has 1 aromatic rings. The van der Waals surface area contributed by atoms with E-state index in [-0.39, 0.29) is 24.0 Å². The van der Waals surface area contributed by atoms with Crippen LogP contribution in [0.3, 0.4) is 0 Å². The molecule has 1 saturated heterocycles. The van der Waals surface area contributed by atoms with Crippen LogP contribution in [0.5, 0.6) is 0 Å². The van der Waals surface area contributed by atoms with Crippen LogP contribution in [0.25, 0.3) is 0 Å². The Balaban J connectivity index is 1.77. The quantitative estimate of drug-likeness (QED) is 0.699. The van der Waals surface area contributed by atoms with Gasteiger partial charge in [-0.3, -0.25) is 29.4 Å². The van der Waals surface area contributed by atoms with E-state index in [4.69, 9.17) is 0 Å². The molecule has 3 aliphatic heterocycles. The molecule has 0 aromatic heterocycles. The first kappa shape index (κ1) is 14.9. The van der Waals surface area contributed by atoms with E-state index in [1.165, 1.54) is 6.07 Å². The highest BCUT2D eigenvalue weighted by Gasteiger charge is 2.46. The van der Waals surface area contributed by atoms with Gasteiger partial charge in [0, 0.05) is 13.0 Å². The number of rotatable bonds is 1. The van der Waals surface area contributed by atoms with Crippen molar-refractivity contribution in [1.29, 1.82) is 0 Å². The maximum Gasteiger partial charge on any atom is 0.265 e. The molecule has 24 heavy (non-hydrogen) atoms. The van der Waals surface area contributed by atoms with Crippen molar-refractivity contribution < 1.29 is 23.6 Å². The Bertz CT molecular complexity index is 820. The molecule has 0 radical (unpaired) electrons. The summed E-state index contributed by atoms with van der Waals surface area (Å²) in [4.78, 5) is 49.3. The number of carbonyl (C=O) groups is 4. The third-order valence-electron chi connectivity index (χ3n) is 4.73. The monoisotopic (exact) mass is 331 g/mol. The second-order valence-electron chi connectivity index (χ2n) is 6.12. The molecular weight excluding hydrogens is 317 g/mol. The number of hydrogen-bond donors (Lipinski definition) is 2. The first-order chi connectivity index (χ1) is 11.5. The topological polar surface area (TPSA) is 95.6 Å². The first-order valence-electron chi connectivity index (χ1n) is 7.75. The molecule has 1 aromatic carbocycles. The zero-order valence-corrected chi connectivity index (χ0v) is 12.6. The van der Waals surface area contributed by atoms with E-state index in [2.05, 4.69) is 10.6 Å². The van der Waals surface area contributed by atoms with Crippen molar-refractivity contribution in [2.45, 2.75) is 31.8 Å². The fourth-order valence-electron chi connectivity index (χ4n) is 3.54. The normalized spacial score (nSPS) is 23.2. The molecule has 0 spiro atoms. The molecule has 8 heteroatoms. The van der Waals surface area contributed by atoms with E-state index in [9.17, 15) is 23.6 Å². The Hall–Kier alpha value is -2.61. The molecule has 124 valence electrons. The number of hydrogen-bond acceptors (Lipinski definition) is 5. The van der Waals surface area contributed by atoms with Crippen LogP contribution in [0.4, 0.5) is 4.39 Å². The molecular formula is C16H14FN3O4. The molecule has 2 N–H and O–H groups in total. The minimum atomic E-state index is -1.08.